The lowest BCUT2D eigenvalue weighted by molar-refractivity contribution is 0.464. The van der Waals surface area contributed by atoms with E-state index in [2.05, 4.69) is 138 Å². The minimum Gasteiger partial charge on any atom is -0.458 e. The number of fused-ring (bicyclic) bond motifs is 13. The molecule has 0 unspecified atom stereocenters. The second kappa shape index (κ2) is 10.0. The van der Waals surface area contributed by atoms with E-state index >= 15 is 0 Å². The molecule has 0 atom stereocenters. The zero-order valence-corrected chi connectivity index (χ0v) is 26.3. The molecule has 0 aliphatic carbocycles. The topological polar surface area (TPSA) is 34.8 Å². The molecule has 11 rings (SSSR count). The second-order valence-electron chi connectivity index (χ2n) is 12.8. The molecule has 0 N–H and O–H groups in total. The monoisotopic (exact) mass is 627 g/mol. The summed E-state index contributed by atoms with van der Waals surface area (Å²) in [7, 11) is 0. The molecule has 228 valence electrons. The fraction of sp³-hybridized carbons (Fsp3) is 0. The Morgan fingerprint density at radius 2 is 1.00 bits per heavy atom. The molecular formula is C44H26BNO3. The van der Waals surface area contributed by atoms with Gasteiger partial charge in [-0.3, -0.25) is 0 Å². The van der Waals surface area contributed by atoms with E-state index in [1.165, 1.54) is 16.2 Å². The lowest BCUT2D eigenvalue weighted by atomic mass is 9.34. The first kappa shape index (κ1) is 26.6. The van der Waals surface area contributed by atoms with Crippen LogP contribution in [0.25, 0.3) is 43.5 Å². The van der Waals surface area contributed by atoms with Crippen LogP contribution in [0.15, 0.2) is 162 Å². The summed E-state index contributed by atoms with van der Waals surface area (Å²) in [6.07, 6.45) is 0. The van der Waals surface area contributed by atoms with Crippen LogP contribution >= 0.6 is 0 Å². The predicted octanol–water partition coefficient (Wildman–Crippen LogP) is 10.1. The maximum atomic E-state index is 6.83. The third kappa shape index (κ3) is 3.75. The van der Waals surface area contributed by atoms with Crippen LogP contribution in [0.1, 0.15) is 0 Å². The molecule has 0 amide bonds. The molecule has 0 spiro atoms. The van der Waals surface area contributed by atoms with Crippen LogP contribution in [-0.4, -0.2) is 6.71 Å². The summed E-state index contributed by atoms with van der Waals surface area (Å²) in [6.45, 7) is -0.0898. The minimum atomic E-state index is -0.0898. The third-order valence-electron chi connectivity index (χ3n) is 10.2. The summed E-state index contributed by atoms with van der Waals surface area (Å²) in [5, 5.41) is 6.78. The van der Waals surface area contributed by atoms with Gasteiger partial charge in [-0.1, -0.05) is 103 Å². The highest BCUT2D eigenvalue weighted by Gasteiger charge is 2.43. The summed E-state index contributed by atoms with van der Waals surface area (Å²) in [4.78, 5) is 2.25. The maximum absolute atomic E-state index is 6.83. The van der Waals surface area contributed by atoms with Crippen molar-refractivity contribution in [2.75, 3.05) is 4.90 Å². The molecule has 4 nitrogen and oxygen atoms in total. The molecule has 0 fully saturated rings. The number of rotatable bonds is 3. The van der Waals surface area contributed by atoms with Crippen LogP contribution in [0, 0.1) is 0 Å². The number of hydrogen-bond donors (Lipinski definition) is 0. The highest BCUT2D eigenvalue weighted by Crippen LogP contribution is 2.44. The van der Waals surface area contributed by atoms with Gasteiger partial charge in [0.05, 0.1) is 0 Å². The average molecular weight is 628 g/mol. The van der Waals surface area contributed by atoms with E-state index in [4.69, 9.17) is 13.9 Å². The Labute approximate surface area is 282 Å². The third-order valence-corrected chi connectivity index (χ3v) is 10.2. The quantitative estimate of drug-likeness (QED) is 0.144. The van der Waals surface area contributed by atoms with Crippen molar-refractivity contribution < 1.29 is 13.9 Å². The first-order chi connectivity index (χ1) is 24.3. The van der Waals surface area contributed by atoms with Crippen LogP contribution in [0.3, 0.4) is 0 Å². The zero-order valence-electron chi connectivity index (χ0n) is 26.3. The second-order valence-corrected chi connectivity index (χ2v) is 12.8. The number of benzene rings is 8. The molecule has 2 aliphatic rings. The van der Waals surface area contributed by atoms with Crippen molar-refractivity contribution in [1.29, 1.82) is 0 Å². The smallest absolute Gasteiger partial charge is 0.261 e. The van der Waals surface area contributed by atoms with Gasteiger partial charge in [0.25, 0.3) is 6.71 Å². The highest BCUT2D eigenvalue weighted by molar-refractivity contribution is 7.00. The molecule has 1 aromatic heterocycles. The van der Waals surface area contributed by atoms with E-state index in [0.717, 1.165) is 83.8 Å². The first-order valence-electron chi connectivity index (χ1n) is 16.6. The summed E-state index contributed by atoms with van der Waals surface area (Å²) in [5.74, 6) is 3.30. The largest absolute Gasteiger partial charge is 0.458 e. The molecule has 2 aliphatic heterocycles. The highest BCUT2D eigenvalue weighted by atomic mass is 16.5. The molecule has 5 heteroatoms. The van der Waals surface area contributed by atoms with Gasteiger partial charge in [-0.15, -0.1) is 0 Å². The van der Waals surface area contributed by atoms with Crippen molar-refractivity contribution >= 4 is 83.6 Å². The van der Waals surface area contributed by atoms with E-state index in [0.29, 0.717) is 0 Å². The van der Waals surface area contributed by atoms with Crippen molar-refractivity contribution in [3.05, 3.63) is 158 Å². The molecule has 0 saturated heterocycles. The molecule has 9 aromatic rings. The fourth-order valence-corrected chi connectivity index (χ4v) is 8.09. The van der Waals surface area contributed by atoms with Crippen LogP contribution in [0.4, 0.5) is 17.1 Å². The van der Waals surface area contributed by atoms with Crippen molar-refractivity contribution in [3.63, 3.8) is 0 Å². The average Bonchev–Trinajstić information content (AvgIpc) is 3.54. The Morgan fingerprint density at radius 3 is 1.71 bits per heavy atom. The van der Waals surface area contributed by atoms with Crippen molar-refractivity contribution in [3.8, 4) is 23.0 Å². The molecule has 0 bridgehead atoms. The molecule has 49 heavy (non-hydrogen) atoms. The van der Waals surface area contributed by atoms with Crippen molar-refractivity contribution in [2.45, 2.75) is 0 Å². The Balaban J connectivity index is 1.15. The minimum absolute atomic E-state index is 0.0898. The van der Waals surface area contributed by atoms with E-state index in [9.17, 15) is 0 Å². The van der Waals surface area contributed by atoms with Gasteiger partial charge in [-0.25, -0.2) is 0 Å². The molecule has 0 saturated carbocycles. The van der Waals surface area contributed by atoms with Gasteiger partial charge in [0.15, 0.2) is 11.3 Å². The van der Waals surface area contributed by atoms with Gasteiger partial charge in [0.2, 0.25) is 0 Å². The van der Waals surface area contributed by atoms with Crippen LogP contribution in [0.5, 0.6) is 23.0 Å². The van der Waals surface area contributed by atoms with Crippen LogP contribution in [-0.2, 0) is 0 Å². The summed E-state index contributed by atoms with van der Waals surface area (Å²) >= 11 is 0. The van der Waals surface area contributed by atoms with Gasteiger partial charge in [-0.05, 0) is 75.6 Å². The van der Waals surface area contributed by atoms with E-state index in [1.807, 2.05) is 24.3 Å². The normalized spacial score (nSPS) is 12.8. The van der Waals surface area contributed by atoms with Gasteiger partial charge < -0.3 is 18.8 Å². The van der Waals surface area contributed by atoms with Gasteiger partial charge >= 0.3 is 0 Å². The number of furan rings is 1. The Bertz CT molecular complexity index is 2750. The number of nitrogens with zero attached hydrogens (tertiary/aromatic N) is 1. The maximum Gasteiger partial charge on any atom is 0.261 e. The van der Waals surface area contributed by atoms with Crippen molar-refractivity contribution in [2.24, 2.45) is 0 Å². The molecular weight excluding hydrogens is 601 g/mol. The van der Waals surface area contributed by atoms with Crippen molar-refractivity contribution in [1.82, 2.24) is 0 Å². The summed E-state index contributed by atoms with van der Waals surface area (Å²) in [6, 6.07) is 55.1. The predicted molar refractivity (Wildman–Crippen MR) is 201 cm³/mol. The van der Waals surface area contributed by atoms with Gasteiger partial charge in [0.1, 0.15) is 22.8 Å². The van der Waals surface area contributed by atoms with E-state index in [-0.39, 0.29) is 6.71 Å². The molecule has 8 aromatic carbocycles. The first-order valence-corrected chi connectivity index (χ1v) is 16.6. The Hall–Kier alpha value is -6.46. The standard InChI is InChI=1S/C44H26BNO3/c1-3-12-27(13-4-1)46(28-14-5-2-6-15-28)29-22-23-32-35-24-25-36-44(43(35)49-39(32)26-29)48-38-21-11-20-37-41(38)45(36)40-33-18-9-7-16-30(33)31-17-8-10-19-34(31)42(40)47-37/h1-26H. The van der Waals surface area contributed by atoms with E-state index < -0.39 is 0 Å². The molecule has 0 radical (unpaired) electrons. The Kier molecular flexibility index (Phi) is 5.44. The van der Waals surface area contributed by atoms with Gasteiger partial charge in [0, 0.05) is 44.8 Å². The number of hydrogen-bond acceptors (Lipinski definition) is 4. The number of ether oxygens (including phenoxy) is 2. The van der Waals surface area contributed by atoms with Gasteiger partial charge in [-0.2, -0.15) is 0 Å². The summed E-state index contributed by atoms with van der Waals surface area (Å²) < 4.78 is 20.4. The number of anilines is 3. The lowest BCUT2D eigenvalue weighted by Gasteiger charge is -2.34. The number of para-hydroxylation sites is 2. The van der Waals surface area contributed by atoms with Crippen LogP contribution < -0.4 is 30.8 Å². The van der Waals surface area contributed by atoms with E-state index in [1.54, 1.807) is 0 Å². The lowest BCUT2D eigenvalue weighted by Crippen LogP contribution is -2.57. The summed E-state index contributed by atoms with van der Waals surface area (Å²) in [5.41, 5.74) is 8.04. The fourth-order valence-electron chi connectivity index (χ4n) is 8.09. The Morgan fingerprint density at radius 1 is 0.408 bits per heavy atom. The molecule has 3 heterocycles. The van der Waals surface area contributed by atoms with Crippen LogP contribution in [0.2, 0.25) is 0 Å². The zero-order chi connectivity index (χ0) is 32.1. The SMILES string of the molecule is c1ccc(N(c2ccccc2)c2ccc3c(c2)oc2c4c(ccc23)B2c3c(cccc3O4)Oc3c2c2ccccc2c2ccccc32)cc1.